The average Bonchev–Trinajstić information content (AvgIpc) is 2.43. The van der Waals surface area contributed by atoms with Crippen molar-refractivity contribution >= 4 is 5.97 Å². The van der Waals surface area contributed by atoms with Crippen molar-refractivity contribution in [2.45, 2.75) is 19.3 Å². The van der Waals surface area contributed by atoms with Gasteiger partial charge in [0.25, 0.3) is 0 Å². The van der Waals surface area contributed by atoms with Crippen LogP contribution in [-0.4, -0.2) is 26.7 Å². The lowest BCUT2D eigenvalue weighted by atomic mass is 9.95. The molecule has 1 rings (SSSR count). The first-order chi connectivity index (χ1) is 8.71. The molecule has 4 heteroatoms. The van der Waals surface area contributed by atoms with E-state index in [1.165, 1.54) is 7.11 Å². The highest BCUT2D eigenvalue weighted by Gasteiger charge is 2.18. The molecule has 4 nitrogen and oxygen atoms in total. The molecule has 0 bridgehead atoms. The highest BCUT2D eigenvalue weighted by atomic mass is 16.5. The zero-order valence-corrected chi connectivity index (χ0v) is 11.0. The van der Waals surface area contributed by atoms with Gasteiger partial charge in [0.1, 0.15) is 5.75 Å². The number of methoxy groups -OCH3 is 2. The van der Waals surface area contributed by atoms with Gasteiger partial charge in [-0.15, -0.1) is 0 Å². The molecule has 1 atom stereocenters. The van der Waals surface area contributed by atoms with E-state index in [0.29, 0.717) is 13.0 Å². The quantitative estimate of drug-likeness (QED) is 0.750. The smallest absolute Gasteiger partial charge is 0.308 e. The van der Waals surface area contributed by atoms with Crippen molar-refractivity contribution in [2.75, 3.05) is 20.8 Å². The maximum Gasteiger partial charge on any atom is 0.308 e. The van der Waals surface area contributed by atoms with E-state index in [4.69, 9.17) is 15.2 Å². The minimum Gasteiger partial charge on any atom is -0.497 e. The van der Waals surface area contributed by atoms with E-state index in [9.17, 15) is 4.79 Å². The maximum absolute atomic E-state index is 11.7. The second kappa shape index (κ2) is 7.71. The number of carbonyl (C=O) groups excluding carboxylic acids is 1. The molecule has 0 aliphatic heterocycles. The fourth-order valence-corrected chi connectivity index (χ4v) is 1.88. The molecular formula is C14H21NO3. The van der Waals surface area contributed by atoms with Gasteiger partial charge in [-0.1, -0.05) is 12.1 Å². The Balaban J connectivity index is 2.65. The molecule has 1 unspecified atom stereocenters. The molecule has 0 amide bonds. The van der Waals surface area contributed by atoms with Crippen LogP contribution in [0.25, 0.3) is 0 Å². The highest BCUT2D eigenvalue weighted by Crippen LogP contribution is 2.18. The van der Waals surface area contributed by atoms with Gasteiger partial charge in [0, 0.05) is 0 Å². The number of benzene rings is 1. The predicted octanol–water partition coefficient (Wildman–Crippen LogP) is 1.77. The number of hydrogen-bond acceptors (Lipinski definition) is 4. The fourth-order valence-electron chi connectivity index (χ4n) is 1.88. The molecule has 18 heavy (non-hydrogen) atoms. The van der Waals surface area contributed by atoms with E-state index in [2.05, 4.69) is 0 Å². The first-order valence-corrected chi connectivity index (χ1v) is 6.12. The van der Waals surface area contributed by atoms with Gasteiger partial charge in [-0.25, -0.2) is 0 Å². The molecule has 0 heterocycles. The van der Waals surface area contributed by atoms with Gasteiger partial charge < -0.3 is 15.2 Å². The van der Waals surface area contributed by atoms with Crippen molar-refractivity contribution in [3.8, 4) is 5.75 Å². The van der Waals surface area contributed by atoms with E-state index < -0.39 is 0 Å². The van der Waals surface area contributed by atoms with Gasteiger partial charge in [0.2, 0.25) is 0 Å². The van der Waals surface area contributed by atoms with Crippen LogP contribution in [0.3, 0.4) is 0 Å². The van der Waals surface area contributed by atoms with Crippen LogP contribution in [0.15, 0.2) is 24.3 Å². The third kappa shape index (κ3) is 4.37. The van der Waals surface area contributed by atoms with Crippen LogP contribution < -0.4 is 10.5 Å². The SMILES string of the molecule is COC(=O)C(CCCN)Cc1ccc(OC)cc1. The average molecular weight is 251 g/mol. The summed E-state index contributed by atoms with van der Waals surface area (Å²) in [5.74, 6) is 0.529. The molecule has 0 spiro atoms. The molecule has 100 valence electrons. The zero-order valence-electron chi connectivity index (χ0n) is 11.0. The molecular weight excluding hydrogens is 230 g/mol. The Bertz CT molecular complexity index is 362. The van der Waals surface area contributed by atoms with Crippen LogP contribution in [-0.2, 0) is 16.0 Å². The summed E-state index contributed by atoms with van der Waals surface area (Å²) < 4.78 is 9.92. The number of nitrogens with two attached hydrogens (primary N) is 1. The Labute approximate surface area is 108 Å². The third-order valence-electron chi connectivity index (χ3n) is 2.93. The van der Waals surface area contributed by atoms with Crippen LogP contribution >= 0.6 is 0 Å². The second-order valence-electron chi connectivity index (χ2n) is 4.20. The molecule has 0 aliphatic carbocycles. The lowest BCUT2D eigenvalue weighted by molar-refractivity contribution is -0.145. The Hall–Kier alpha value is -1.55. The van der Waals surface area contributed by atoms with Gasteiger partial charge in [-0.05, 0) is 43.5 Å². The lowest BCUT2D eigenvalue weighted by Crippen LogP contribution is -2.20. The van der Waals surface area contributed by atoms with Crippen molar-refractivity contribution in [3.63, 3.8) is 0 Å². The van der Waals surface area contributed by atoms with E-state index in [1.54, 1.807) is 7.11 Å². The highest BCUT2D eigenvalue weighted by molar-refractivity contribution is 5.72. The first-order valence-electron chi connectivity index (χ1n) is 6.12. The van der Waals surface area contributed by atoms with E-state index >= 15 is 0 Å². The van der Waals surface area contributed by atoms with Crippen LogP contribution in [0, 0.1) is 5.92 Å². The molecule has 0 fully saturated rings. The Morgan fingerprint density at radius 2 is 1.94 bits per heavy atom. The molecule has 0 saturated heterocycles. The van der Waals surface area contributed by atoms with E-state index in [0.717, 1.165) is 24.2 Å². The van der Waals surface area contributed by atoms with Gasteiger partial charge in [0.05, 0.1) is 20.1 Å². The normalized spacial score (nSPS) is 11.9. The van der Waals surface area contributed by atoms with Crippen molar-refractivity contribution in [3.05, 3.63) is 29.8 Å². The summed E-state index contributed by atoms with van der Waals surface area (Å²) >= 11 is 0. The number of carbonyl (C=O) groups is 1. The molecule has 0 radical (unpaired) electrons. The standard InChI is InChI=1S/C14H21NO3/c1-17-13-7-5-11(6-8-13)10-12(4-3-9-15)14(16)18-2/h5-8,12H,3-4,9-10,15H2,1-2H3. The van der Waals surface area contributed by atoms with Gasteiger partial charge in [-0.2, -0.15) is 0 Å². The van der Waals surface area contributed by atoms with Crippen LogP contribution in [0.1, 0.15) is 18.4 Å². The zero-order chi connectivity index (χ0) is 13.4. The number of rotatable bonds is 7. The van der Waals surface area contributed by atoms with Crippen LogP contribution in [0.4, 0.5) is 0 Å². The summed E-state index contributed by atoms with van der Waals surface area (Å²) in [4.78, 5) is 11.7. The molecule has 0 aromatic heterocycles. The summed E-state index contributed by atoms with van der Waals surface area (Å²) in [5.41, 5.74) is 6.58. The van der Waals surface area contributed by atoms with Crippen molar-refractivity contribution in [1.82, 2.24) is 0 Å². The van der Waals surface area contributed by atoms with Crippen molar-refractivity contribution in [2.24, 2.45) is 11.7 Å². The molecule has 1 aromatic carbocycles. The summed E-state index contributed by atoms with van der Waals surface area (Å²) in [5, 5.41) is 0. The number of esters is 1. The van der Waals surface area contributed by atoms with E-state index in [-0.39, 0.29) is 11.9 Å². The Kier molecular flexibility index (Phi) is 6.22. The lowest BCUT2D eigenvalue weighted by Gasteiger charge is -2.14. The van der Waals surface area contributed by atoms with Crippen LogP contribution in [0.5, 0.6) is 5.75 Å². The summed E-state index contributed by atoms with van der Waals surface area (Å²) in [6, 6.07) is 7.73. The minimum absolute atomic E-state index is 0.119. The summed E-state index contributed by atoms with van der Waals surface area (Å²) in [6.45, 7) is 0.593. The second-order valence-corrected chi connectivity index (χ2v) is 4.20. The van der Waals surface area contributed by atoms with Crippen molar-refractivity contribution in [1.29, 1.82) is 0 Å². The van der Waals surface area contributed by atoms with E-state index in [1.807, 2.05) is 24.3 Å². The summed E-state index contributed by atoms with van der Waals surface area (Å²) in [7, 11) is 3.05. The Morgan fingerprint density at radius 3 is 2.44 bits per heavy atom. The van der Waals surface area contributed by atoms with Gasteiger partial charge in [-0.3, -0.25) is 4.79 Å². The predicted molar refractivity (Wildman–Crippen MR) is 70.5 cm³/mol. The van der Waals surface area contributed by atoms with Gasteiger partial charge in [0.15, 0.2) is 0 Å². The first kappa shape index (κ1) is 14.5. The maximum atomic E-state index is 11.7. The number of ether oxygens (including phenoxy) is 2. The number of hydrogen-bond donors (Lipinski definition) is 1. The van der Waals surface area contributed by atoms with Crippen molar-refractivity contribution < 1.29 is 14.3 Å². The fraction of sp³-hybridized carbons (Fsp3) is 0.500. The molecule has 0 aliphatic rings. The van der Waals surface area contributed by atoms with Gasteiger partial charge >= 0.3 is 5.97 Å². The molecule has 2 N–H and O–H groups in total. The monoisotopic (exact) mass is 251 g/mol. The topological polar surface area (TPSA) is 61.5 Å². The van der Waals surface area contributed by atoms with Crippen LogP contribution in [0.2, 0.25) is 0 Å². The summed E-state index contributed by atoms with van der Waals surface area (Å²) in [6.07, 6.45) is 2.27. The molecule has 0 saturated carbocycles. The largest absolute Gasteiger partial charge is 0.497 e. The minimum atomic E-state index is -0.167. The molecule has 1 aromatic rings. The Morgan fingerprint density at radius 1 is 1.28 bits per heavy atom. The third-order valence-corrected chi connectivity index (χ3v) is 2.93.